The number of carbonyl (C=O) groups excluding carboxylic acids is 2. The molecule has 0 unspecified atom stereocenters. The fourth-order valence-corrected chi connectivity index (χ4v) is 14.1. The topological polar surface area (TPSA) is 400 Å². The van der Waals surface area contributed by atoms with Gasteiger partial charge in [-0.2, -0.15) is 0 Å². The first-order chi connectivity index (χ1) is 48.9. The van der Waals surface area contributed by atoms with Crippen molar-refractivity contribution >= 4 is 120 Å². The Hall–Kier alpha value is -12.0. The van der Waals surface area contributed by atoms with Crippen LogP contribution in [0.25, 0.3) is 55.2 Å². The molecule has 5 saturated heterocycles. The summed E-state index contributed by atoms with van der Waals surface area (Å²) in [5, 5.41) is 37.1. The van der Waals surface area contributed by atoms with Crippen molar-refractivity contribution in [2.45, 2.75) is 77.3 Å². The van der Waals surface area contributed by atoms with Crippen molar-refractivity contribution in [3.8, 4) is 0 Å². The molecule has 0 spiro atoms. The number of aryl methyl sites for hydroxylation is 5. The Morgan fingerprint density at radius 2 is 0.583 bits per heavy atom. The summed E-state index contributed by atoms with van der Waals surface area (Å²) in [4.78, 5) is 160. The van der Waals surface area contributed by atoms with Crippen LogP contribution in [0.3, 0.4) is 0 Å². The van der Waals surface area contributed by atoms with Gasteiger partial charge in [0.15, 0.2) is 34.9 Å². The van der Waals surface area contributed by atoms with Crippen LogP contribution < -0.4 is 58.0 Å². The summed E-state index contributed by atoms with van der Waals surface area (Å²) in [6.07, 6.45) is 0.196. The van der Waals surface area contributed by atoms with Crippen LogP contribution in [0.2, 0.25) is 0 Å². The molecule has 103 heavy (non-hydrogen) atoms. The number of nitrogens with two attached hydrogens (primary N) is 1. The number of rotatable bonds is 12. The van der Waals surface area contributed by atoms with Crippen molar-refractivity contribution in [1.29, 1.82) is 0 Å². The second-order valence-electron chi connectivity index (χ2n) is 26.7. The van der Waals surface area contributed by atoms with Crippen LogP contribution in [0.15, 0.2) is 145 Å². The molecule has 5 aliphatic heterocycles. The van der Waals surface area contributed by atoms with Crippen LogP contribution in [-0.4, -0.2) is 173 Å². The van der Waals surface area contributed by atoms with Crippen LogP contribution >= 0.6 is 0 Å². The SMILES string of the molecule is CC(=O)C[C@@H]1CN(c2nc3ccccc3n(C)c2=O)[C@@H]1C(=O)O.CC(=O)[C@@H]1[C@H](N)CN1c1nc2ccccc2n(C)c1=O.C[C@@H]1CN(c2nc3ccccc3n(C)c2=O)[C@@H]1C(=O)O.C[C@@H]1CN(c2nc3ccccc3n(C)c2=O)[C@@H]1C(=O)O.C[C@H]1CN(c2nc3ccccc3n(C)c2=O)[C@@H]1C(=O)O. The monoisotopic (exact) mass is 1410 g/mol. The maximum Gasteiger partial charge on any atom is 0.326 e. The number of ketones is 2. The molecule has 10 heterocycles. The number of carboxylic acids is 4. The Morgan fingerprint density at radius 1 is 0.359 bits per heavy atom. The second-order valence-corrected chi connectivity index (χ2v) is 26.7. The molecule has 536 valence electrons. The van der Waals surface area contributed by atoms with E-state index in [-0.39, 0.29) is 98.8 Å². The highest BCUT2D eigenvalue weighted by Gasteiger charge is 2.48. The van der Waals surface area contributed by atoms with E-state index in [9.17, 15) is 73.2 Å². The van der Waals surface area contributed by atoms with Gasteiger partial charge in [0, 0.05) is 104 Å². The predicted molar refractivity (Wildman–Crippen MR) is 386 cm³/mol. The Balaban J connectivity index is 0.000000129. The number of anilines is 5. The van der Waals surface area contributed by atoms with Gasteiger partial charge in [-0.05, 0) is 74.5 Å². The van der Waals surface area contributed by atoms with Gasteiger partial charge in [-0.25, -0.2) is 44.1 Å². The van der Waals surface area contributed by atoms with Gasteiger partial charge in [0.25, 0.3) is 27.8 Å². The number of nitrogens with zero attached hydrogens (tertiary/aromatic N) is 15. The zero-order chi connectivity index (χ0) is 74.5. The Bertz CT molecular complexity index is 4880. The fourth-order valence-electron chi connectivity index (χ4n) is 14.1. The zero-order valence-corrected chi connectivity index (χ0v) is 58.1. The summed E-state index contributed by atoms with van der Waals surface area (Å²) in [6.45, 7) is 11.0. The van der Waals surface area contributed by atoms with Crippen LogP contribution in [-0.2, 0) is 64.0 Å². The smallest absolute Gasteiger partial charge is 0.326 e. The first-order valence-electron chi connectivity index (χ1n) is 33.2. The number of Topliss-reactive ketones (excluding diaryl/α,β-unsaturated/α-hetero) is 2. The first kappa shape index (κ1) is 72.2. The minimum Gasteiger partial charge on any atom is -0.480 e. The summed E-state index contributed by atoms with van der Waals surface area (Å²) < 4.78 is 7.56. The molecule has 5 aromatic carbocycles. The Kier molecular flexibility index (Phi) is 20.3. The molecule has 0 saturated carbocycles. The summed E-state index contributed by atoms with van der Waals surface area (Å²) in [5.74, 6) is -3.04. The third-order valence-electron chi connectivity index (χ3n) is 19.6. The van der Waals surface area contributed by atoms with E-state index in [2.05, 4.69) is 24.9 Å². The number of hydrogen-bond donors (Lipinski definition) is 5. The molecule has 0 bridgehead atoms. The summed E-state index contributed by atoms with van der Waals surface area (Å²) >= 11 is 0. The molecule has 10 aromatic rings. The minimum absolute atomic E-state index is 0.0190. The molecule has 15 rings (SSSR count). The van der Waals surface area contributed by atoms with Crippen molar-refractivity contribution in [3.05, 3.63) is 173 Å². The molecule has 5 aliphatic rings. The average Bonchev–Trinajstić information content (AvgIpc) is 0.778. The molecule has 0 amide bonds. The Labute approximate surface area is 586 Å². The third-order valence-corrected chi connectivity index (χ3v) is 19.6. The van der Waals surface area contributed by atoms with Crippen molar-refractivity contribution in [1.82, 2.24) is 47.8 Å². The number of aliphatic carboxylic acids is 4. The molecule has 6 N–H and O–H groups in total. The highest BCUT2D eigenvalue weighted by molar-refractivity contribution is 5.90. The molecular weight excluding hydrogens is 1330 g/mol. The zero-order valence-electron chi connectivity index (χ0n) is 58.1. The van der Waals surface area contributed by atoms with Crippen LogP contribution in [0.1, 0.15) is 41.0 Å². The summed E-state index contributed by atoms with van der Waals surface area (Å²) in [7, 11) is 8.37. The normalized spacial score (nSPS) is 21.5. The first-order valence-corrected chi connectivity index (χ1v) is 33.2. The van der Waals surface area contributed by atoms with Crippen LogP contribution in [0, 0.1) is 23.7 Å². The van der Waals surface area contributed by atoms with Crippen molar-refractivity contribution in [3.63, 3.8) is 0 Å². The Morgan fingerprint density at radius 3 is 0.786 bits per heavy atom. The third kappa shape index (κ3) is 13.5. The van der Waals surface area contributed by atoms with Gasteiger partial charge in [0.1, 0.15) is 36.0 Å². The number of carbonyl (C=O) groups is 6. The standard InChI is InChI=1S/C16H17N3O4.C14H16N4O2.3C14H15N3O3/c1-9(20)7-10-8-19(13(10)16(22)23)14-15(21)18(2)12-6-4-3-5-11(12)17-14;1-8(19)12-9(15)7-18(12)13-14(20)17(2)11-6-4-3-5-10(11)16-13;3*1-8-7-17(11(8)14(19)20)12-13(18)16(2)10-6-4-3-5-9(10)15-12/h3-6,10,13H,7-8H2,1-2H3,(H,22,23);3-6,9,12H,7,15H2,1-2H3;3*3-6,8,11H,7H2,1-2H3,(H,19,20)/t10-,13+;9-,12-;2*8-,11+;8-,11-/m11110/s1. The van der Waals surface area contributed by atoms with Gasteiger partial charge in [-0.3, -0.25) is 28.8 Å². The number of benzene rings is 5. The lowest BCUT2D eigenvalue weighted by Crippen LogP contribution is -2.68. The molecule has 31 heteroatoms. The minimum atomic E-state index is -1.04. The van der Waals surface area contributed by atoms with Gasteiger partial charge >= 0.3 is 23.9 Å². The van der Waals surface area contributed by atoms with E-state index in [1.165, 1.54) is 37.0 Å². The van der Waals surface area contributed by atoms with Gasteiger partial charge in [-0.1, -0.05) is 81.4 Å². The molecule has 5 fully saturated rings. The molecule has 0 radical (unpaired) electrons. The maximum absolute atomic E-state index is 12.5. The predicted octanol–water partition coefficient (Wildman–Crippen LogP) is 3.37. The maximum atomic E-state index is 12.5. The molecule has 0 aliphatic carbocycles. The molecule has 5 aromatic heterocycles. The lowest BCUT2D eigenvalue weighted by atomic mass is 9.84. The van der Waals surface area contributed by atoms with Gasteiger partial charge in [0.05, 0.1) is 55.2 Å². The quantitative estimate of drug-likeness (QED) is 0.117. The molecule has 31 nitrogen and oxygen atoms in total. The van der Waals surface area contributed by atoms with E-state index in [0.717, 1.165) is 27.6 Å². The number of hydrogen-bond acceptors (Lipinski definition) is 22. The van der Waals surface area contributed by atoms with Gasteiger partial charge in [0.2, 0.25) is 0 Å². The highest BCUT2D eigenvalue weighted by Crippen LogP contribution is 2.34. The number of fused-ring (bicyclic) bond motifs is 5. The van der Waals surface area contributed by atoms with E-state index >= 15 is 0 Å². The van der Waals surface area contributed by atoms with E-state index in [4.69, 9.17) is 5.73 Å². The van der Waals surface area contributed by atoms with Gasteiger partial charge in [-0.15, -0.1) is 0 Å². The van der Waals surface area contributed by atoms with E-state index in [0.29, 0.717) is 66.1 Å². The van der Waals surface area contributed by atoms with Crippen LogP contribution in [0.5, 0.6) is 0 Å². The van der Waals surface area contributed by atoms with E-state index in [1.54, 1.807) is 71.5 Å². The molecular formula is C72H78N16O15. The van der Waals surface area contributed by atoms with Gasteiger partial charge < -0.3 is 78.3 Å². The molecule has 10 atom stereocenters. The number of carboxylic acid groups (broad SMARTS) is 4. The highest BCUT2D eigenvalue weighted by atomic mass is 16.4. The second kappa shape index (κ2) is 28.9. The fraction of sp³-hybridized carbons (Fsp3) is 0.361. The number of aromatic nitrogens is 10. The number of para-hydroxylation sites is 10. The van der Waals surface area contributed by atoms with Crippen LogP contribution in [0.4, 0.5) is 29.1 Å². The lowest BCUT2D eigenvalue weighted by molar-refractivity contribution is -0.143. The largest absolute Gasteiger partial charge is 0.480 e. The van der Waals surface area contributed by atoms with Crippen molar-refractivity contribution in [2.24, 2.45) is 64.6 Å². The van der Waals surface area contributed by atoms with E-state index in [1.807, 2.05) is 130 Å². The van der Waals surface area contributed by atoms with Crippen molar-refractivity contribution in [2.75, 3.05) is 57.2 Å². The van der Waals surface area contributed by atoms with E-state index < -0.39 is 54.1 Å². The average molecular weight is 1410 g/mol. The summed E-state index contributed by atoms with van der Waals surface area (Å²) in [5.41, 5.74) is 11.6. The van der Waals surface area contributed by atoms with Crippen molar-refractivity contribution < 1.29 is 49.2 Å². The summed E-state index contributed by atoms with van der Waals surface area (Å²) in [6, 6.07) is 33.0. The lowest BCUT2D eigenvalue weighted by Gasteiger charge is -2.45.